The molecule has 0 spiro atoms. The van der Waals surface area contributed by atoms with Gasteiger partial charge in [0, 0.05) is 29.7 Å². The number of imidazole rings is 1. The molecule has 0 saturated heterocycles. The highest BCUT2D eigenvalue weighted by molar-refractivity contribution is 6.29. The first-order valence-electron chi connectivity index (χ1n) is 8.44. The predicted octanol–water partition coefficient (Wildman–Crippen LogP) is 3.23. The lowest BCUT2D eigenvalue weighted by atomic mass is 9.81. The van der Waals surface area contributed by atoms with Crippen LogP contribution in [-0.2, 0) is 4.79 Å². The van der Waals surface area contributed by atoms with E-state index in [4.69, 9.17) is 4.98 Å². The van der Waals surface area contributed by atoms with Crippen LogP contribution in [0.5, 0.6) is 0 Å². The van der Waals surface area contributed by atoms with Gasteiger partial charge < -0.3 is 4.98 Å². The maximum Gasteiger partial charge on any atom is 0.186 e. The molecule has 0 bridgehead atoms. The molecule has 5 nitrogen and oxygen atoms in total. The standard InChI is InChI=1S/C18H21N3O2/c1-18(2)16(23)11-8-13(22)15-14(12(11)9-19-18)20-17(21-15)10-6-4-3-5-7-10/h9-10H,3-8H2,1-2H3,(H,20,21). The van der Waals surface area contributed by atoms with Crippen LogP contribution in [0.3, 0.4) is 0 Å². The molecular formula is C18H21N3O2. The molecule has 23 heavy (non-hydrogen) atoms. The van der Waals surface area contributed by atoms with Gasteiger partial charge in [0.15, 0.2) is 11.6 Å². The number of aromatic amines is 1. The van der Waals surface area contributed by atoms with Gasteiger partial charge in [0.25, 0.3) is 0 Å². The van der Waals surface area contributed by atoms with Crippen molar-refractivity contribution >= 4 is 23.4 Å². The summed E-state index contributed by atoms with van der Waals surface area (Å²) in [4.78, 5) is 37.4. The van der Waals surface area contributed by atoms with Gasteiger partial charge in [-0.2, -0.15) is 0 Å². The van der Waals surface area contributed by atoms with E-state index in [9.17, 15) is 9.59 Å². The average molecular weight is 311 g/mol. The second kappa shape index (κ2) is 4.98. The van der Waals surface area contributed by atoms with Crippen molar-refractivity contribution in [2.24, 2.45) is 4.99 Å². The Kier molecular flexibility index (Phi) is 3.15. The SMILES string of the molecule is CC1(C)N=CC2=C(CC(=O)c3[nH]c(C4CCCCC4)nc32)C1=O. The van der Waals surface area contributed by atoms with Gasteiger partial charge in [0.2, 0.25) is 0 Å². The normalized spacial score (nSPS) is 23.9. The number of carbonyl (C=O) groups is 2. The van der Waals surface area contributed by atoms with Crippen LogP contribution in [0.15, 0.2) is 10.6 Å². The summed E-state index contributed by atoms with van der Waals surface area (Å²) in [5.74, 6) is 1.21. The first-order valence-corrected chi connectivity index (χ1v) is 8.44. The van der Waals surface area contributed by atoms with Gasteiger partial charge in [-0.05, 0) is 26.7 Å². The molecule has 0 radical (unpaired) electrons. The van der Waals surface area contributed by atoms with E-state index in [0.29, 0.717) is 22.9 Å². The van der Waals surface area contributed by atoms with Crippen LogP contribution in [0.4, 0.5) is 0 Å². The summed E-state index contributed by atoms with van der Waals surface area (Å²) >= 11 is 0. The Morgan fingerprint density at radius 3 is 2.65 bits per heavy atom. The van der Waals surface area contributed by atoms with Crippen molar-refractivity contribution in [3.05, 3.63) is 22.8 Å². The Labute approximate surface area is 135 Å². The molecular weight excluding hydrogens is 290 g/mol. The van der Waals surface area contributed by atoms with Gasteiger partial charge in [0.05, 0.1) is 0 Å². The average Bonchev–Trinajstić information content (AvgIpc) is 2.99. The van der Waals surface area contributed by atoms with E-state index < -0.39 is 5.54 Å². The molecule has 1 N–H and O–H groups in total. The van der Waals surface area contributed by atoms with Crippen molar-refractivity contribution in [2.45, 2.75) is 63.8 Å². The number of aliphatic imine (C=N–C) groups is 1. The number of rotatable bonds is 1. The fourth-order valence-corrected chi connectivity index (χ4v) is 3.84. The van der Waals surface area contributed by atoms with Crippen LogP contribution in [0.25, 0.3) is 5.57 Å². The van der Waals surface area contributed by atoms with Crippen LogP contribution in [0.1, 0.15) is 80.3 Å². The molecule has 0 amide bonds. The number of ketones is 2. The number of fused-ring (bicyclic) bond motifs is 2. The van der Waals surface area contributed by atoms with E-state index >= 15 is 0 Å². The number of hydrogen-bond acceptors (Lipinski definition) is 4. The van der Waals surface area contributed by atoms with E-state index in [1.54, 1.807) is 20.1 Å². The molecule has 2 aliphatic carbocycles. The van der Waals surface area contributed by atoms with Gasteiger partial charge in [-0.3, -0.25) is 14.6 Å². The zero-order valence-electron chi connectivity index (χ0n) is 13.6. The smallest absolute Gasteiger partial charge is 0.186 e. The molecule has 0 atom stereocenters. The molecule has 4 rings (SSSR count). The molecule has 2 heterocycles. The fraction of sp³-hybridized carbons (Fsp3) is 0.556. The fourth-order valence-electron chi connectivity index (χ4n) is 3.84. The highest BCUT2D eigenvalue weighted by Crippen LogP contribution is 2.38. The Hall–Kier alpha value is -2.04. The van der Waals surface area contributed by atoms with Crippen LogP contribution in [0, 0.1) is 0 Å². The highest BCUT2D eigenvalue weighted by Gasteiger charge is 2.40. The van der Waals surface area contributed by atoms with Gasteiger partial charge in [0.1, 0.15) is 22.8 Å². The molecule has 3 aliphatic rings. The van der Waals surface area contributed by atoms with Crippen molar-refractivity contribution in [3.8, 4) is 0 Å². The summed E-state index contributed by atoms with van der Waals surface area (Å²) in [7, 11) is 0. The number of aromatic nitrogens is 2. The van der Waals surface area contributed by atoms with Crippen molar-refractivity contribution in [1.82, 2.24) is 9.97 Å². The minimum Gasteiger partial charge on any atom is -0.339 e. The lowest BCUT2D eigenvalue weighted by Gasteiger charge is -2.27. The van der Waals surface area contributed by atoms with Crippen molar-refractivity contribution in [3.63, 3.8) is 0 Å². The molecule has 5 heteroatoms. The van der Waals surface area contributed by atoms with Gasteiger partial charge in [-0.15, -0.1) is 0 Å². The second-order valence-electron chi connectivity index (χ2n) is 7.32. The van der Waals surface area contributed by atoms with E-state index in [1.807, 2.05) is 0 Å². The Bertz CT molecular complexity index is 761. The highest BCUT2D eigenvalue weighted by atomic mass is 16.1. The largest absolute Gasteiger partial charge is 0.339 e. The third kappa shape index (κ3) is 2.21. The molecule has 0 aromatic carbocycles. The topological polar surface area (TPSA) is 75.2 Å². The Morgan fingerprint density at radius 2 is 1.91 bits per heavy atom. The number of dihydropyridines is 1. The zero-order chi connectivity index (χ0) is 16.2. The molecule has 1 fully saturated rings. The van der Waals surface area contributed by atoms with Crippen LogP contribution in [-0.4, -0.2) is 33.3 Å². The van der Waals surface area contributed by atoms with Crippen molar-refractivity contribution in [1.29, 1.82) is 0 Å². The Balaban J connectivity index is 1.78. The maximum atomic E-state index is 12.6. The zero-order valence-corrected chi connectivity index (χ0v) is 13.6. The van der Waals surface area contributed by atoms with E-state index in [-0.39, 0.29) is 18.0 Å². The molecule has 1 saturated carbocycles. The van der Waals surface area contributed by atoms with E-state index in [2.05, 4.69) is 9.98 Å². The van der Waals surface area contributed by atoms with Crippen LogP contribution >= 0.6 is 0 Å². The van der Waals surface area contributed by atoms with Crippen molar-refractivity contribution in [2.75, 3.05) is 0 Å². The van der Waals surface area contributed by atoms with Crippen molar-refractivity contribution < 1.29 is 9.59 Å². The summed E-state index contributed by atoms with van der Waals surface area (Å²) in [6.45, 7) is 3.57. The van der Waals surface area contributed by atoms with Gasteiger partial charge in [-0.25, -0.2) is 4.98 Å². The van der Waals surface area contributed by atoms with Crippen LogP contribution < -0.4 is 0 Å². The summed E-state index contributed by atoms with van der Waals surface area (Å²) in [5, 5.41) is 0. The number of nitrogens with one attached hydrogen (secondary N) is 1. The number of H-pyrrole nitrogens is 1. The number of Topliss-reactive ketones (excluding diaryl/α,β-unsaturated/α-hetero) is 2. The van der Waals surface area contributed by atoms with E-state index in [0.717, 1.165) is 24.2 Å². The molecule has 1 aliphatic heterocycles. The molecule has 120 valence electrons. The maximum absolute atomic E-state index is 12.6. The van der Waals surface area contributed by atoms with Gasteiger partial charge in [-0.1, -0.05) is 19.3 Å². The first-order chi connectivity index (χ1) is 11.0. The Morgan fingerprint density at radius 1 is 1.17 bits per heavy atom. The van der Waals surface area contributed by atoms with E-state index in [1.165, 1.54) is 19.3 Å². The lowest BCUT2D eigenvalue weighted by Crippen LogP contribution is -2.36. The molecule has 1 aromatic rings. The van der Waals surface area contributed by atoms with Crippen LogP contribution in [0.2, 0.25) is 0 Å². The quantitative estimate of drug-likeness (QED) is 0.865. The minimum atomic E-state index is -0.779. The summed E-state index contributed by atoms with van der Waals surface area (Å²) < 4.78 is 0. The third-order valence-electron chi connectivity index (χ3n) is 5.26. The first kappa shape index (κ1) is 14.5. The monoisotopic (exact) mass is 311 g/mol. The number of hydrogen-bond donors (Lipinski definition) is 1. The summed E-state index contributed by atoms with van der Waals surface area (Å²) in [5.41, 5.74) is 1.72. The lowest BCUT2D eigenvalue weighted by molar-refractivity contribution is -0.119. The molecule has 1 aromatic heterocycles. The minimum absolute atomic E-state index is 0.0345. The molecule has 0 unspecified atom stereocenters. The number of nitrogens with zero attached hydrogens (tertiary/aromatic N) is 2. The second-order valence-corrected chi connectivity index (χ2v) is 7.32. The predicted molar refractivity (Wildman–Crippen MR) is 87.9 cm³/mol. The number of allylic oxidation sites excluding steroid dienone is 1. The van der Waals surface area contributed by atoms with Gasteiger partial charge >= 0.3 is 0 Å². The summed E-state index contributed by atoms with van der Waals surface area (Å²) in [6, 6.07) is 0. The third-order valence-corrected chi connectivity index (χ3v) is 5.26. The number of carbonyl (C=O) groups excluding carboxylic acids is 2. The summed E-state index contributed by atoms with van der Waals surface area (Å²) in [6.07, 6.45) is 7.83.